The summed E-state index contributed by atoms with van der Waals surface area (Å²) in [5, 5.41) is 10.1. The van der Waals surface area contributed by atoms with E-state index in [1.54, 1.807) is 6.07 Å². The minimum absolute atomic E-state index is 0.279. The predicted molar refractivity (Wildman–Crippen MR) is 90.9 cm³/mol. The van der Waals surface area contributed by atoms with E-state index in [0.29, 0.717) is 31.9 Å². The van der Waals surface area contributed by atoms with E-state index in [2.05, 4.69) is 0 Å². The molecule has 0 radical (unpaired) electrons. The Balaban J connectivity index is 1.84. The maximum Gasteiger partial charge on any atom is 0.416 e. The number of benzene rings is 1. The van der Waals surface area contributed by atoms with E-state index >= 15 is 0 Å². The van der Waals surface area contributed by atoms with Crippen LogP contribution in [0.1, 0.15) is 26.3 Å². The third kappa shape index (κ3) is 6.49. The molecular weight excluding hydrogens is 333 g/mol. The van der Waals surface area contributed by atoms with Crippen molar-refractivity contribution in [2.75, 3.05) is 44.2 Å². The van der Waals surface area contributed by atoms with Crippen molar-refractivity contribution in [3.63, 3.8) is 0 Å². The monoisotopic (exact) mass is 361 g/mol. The van der Waals surface area contributed by atoms with Crippen LogP contribution in [0.5, 0.6) is 0 Å². The van der Waals surface area contributed by atoms with Crippen LogP contribution in [0.2, 0.25) is 0 Å². The Kier molecular flexibility index (Phi) is 6.35. The number of hydrogen-bond donors (Lipinski definition) is 2. The number of aliphatic hydroxyl groups is 1. The zero-order valence-corrected chi connectivity index (χ0v) is 15.1. The molecule has 4 nitrogen and oxygen atoms in total. The summed E-state index contributed by atoms with van der Waals surface area (Å²) >= 11 is 0. The zero-order chi connectivity index (χ0) is 18.7. The minimum atomic E-state index is -4.32. The number of piperazine rings is 1. The van der Waals surface area contributed by atoms with Gasteiger partial charge in [0.2, 0.25) is 0 Å². The second-order valence-corrected chi connectivity index (χ2v) is 7.57. The molecule has 1 heterocycles. The van der Waals surface area contributed by atoms with E-state index in [4.69, 9.17) is 4.74 Å². The zero-order valence-electron chi connectivity index (χ0n) is 15.1. The van der Waals surface area contributed by atoms with Crippen molar-refractivity contribution in [1.29, 1.82) is 0 Å². The van der Waals surface area contributed by atoms with Crippen LogP contribution in [0, 0.1) is 0 Å². The van der Waals surface area contributed by atoms with Gasteiger partial charge in [-0.1, -0.05) is 6.07 Å². The van der Waals surface area contributed by atoms with Crippen LogP contribution >= 0.6 is 0 Å². The average Bonchev–Trinajstić information content (AvgIpc) is 2.52. The molecule has 1 aromatic carbocycles. The van der Waals surface area contributed by atoms with Crippen molar-refractivity contribution in [2.45, 2.75) is 38.7 Å². The van der Waals surface area contributed by atoms with Crippen molar-refractivity contribution < 1.29 is 27.9 Å². The number of aliphatic hydroxyl groups excluding tert-OH is 1. The number of quaternary nitrogens is 1. The quantitative estimate of drug-likeness (QED) is 0.836. The second-order valence-electron chi connectivity index (χ2n) is 7.57. The predicted octanol–water partition coefficient (Wildman–Crippen LogP) is 1.59. The molecule has 2 rings (SSSR count). The lowest BCUT2D eigenvalue weighted by Crippen LogP contribution is -3.16. The molecule has 1 aliphatic rings. The fourth-order valence-electron chi connectivity index (χ4n) is 2.90. The number of nitrogens with zero attached hydrogens (tertiary/aromatic N) is 1. The van der Waals surface area contributed by atoms with Crippen LogP contribution in [-0.4, -0.2) is 56.1 Å². The van der Waals surface area contributed by atoms with Crippen LogP contribution in [-0.2, 0) is 10.9 Å². The number of ether oxygens (including phenoxy) is 1. The molecule has 1 saturated heterocycles. The summed E-state index contributed by atoms with van der Waals surface area (Å²) in [4.78, 5) is 3.21. The number of anilines is 1. The minimum Gasteiger partial charge on any atom is -0.385 e. The standard InChI is InChI=1S/C18H27F3N2O2/c1-17(2,3)25-13-16(24)12-22-7-9-23(10-8-22)15-6-4-5-14(11-15)18(19,20)21/h4-6,11,16,24H,7-10,12-13H2,1-3H3/p+1/t16-/m0/s1. The Morgan fingerprint density at radius 3 is 2.40 bits per heavy atom. The molecule has 0 saturated carbocycles. The number of nitrogens with one attached hydrogen (secondary N) is 1. The number of rotatable bonds is 5. The van der Waals surface area contributed by atoms with Gasteiger partial charge in [-0.25, -0.2) is 0 Å². The highest BCUT2D eigenvalue weighted by molar-refractivity contribution is 5.49. The van der Waals surface area contributed by atoms with E-state index in [0.717, 1.165) is 19.2 Å². The third-order valence-electron chi connectivity index (χ3n) is 4.24. The molecule has 0 bridgehead atoms. The summed E-state index contributed by atoms with van der Waals surface area (Å²) in [6.45, 7) is 9.62. The van der Waals surface area contributed by atoms with Gasteiger partial charge in [0.15, 0.2) is 0 Å². The average molecular weight is 361 g/mol. The lowest BCUT2D eigenvalue weighted by molar-refractivity contribution is -0.903. The fraction of sp³-hybridized carbons (Fsp3) is 0.667. The molecule has 1 aromatic rings. The Labute approximate surface area is 147 Å². The molecule has 0 spiro atoms. The van der Waals surface area contributed by atoms with E-state index in [9.17, 15) is 18.3 Å². The van der Waals surface area contributed by atoms with Crippen LogP contribution in [0.25, 0.3) is 0 Å². The summed E-state index contributed by atoms with van der Waals surface area (Å²) < 4.78 is 44.1. The largest absolute Gasteiger partial charge is 0.416 e. The van der Waals surface area contributed by atoms with Gasteiger partial charge in [-0.05, 0) is 39.0 Å². The van der Waals surface area contributed by atoms with Gasteiger partial charge in [0.05, 0.1) is 44.0 Å². The smallest absolute Gasteiger partial charge is 0.385 e. The summed E-state index contributed by atoms with van der Waals surface area (Å²) in [5.41, 5.74) is -0.293. The van der Waals surface area contributed by atoms with Gasteiger partial charge >= 0.3 is 6.18 Å². The van der Waals surface area contributed by atoms with Crippen molar-refractivity contribution in [3.8, 4) is 0 Å². The molecule has 142 valence electrons. The van der Waals surface area contributed by atoms with Crippen molar-refractivity contribution in [2.24, 2.45) is 0 Å². The van der Waals surface area contributed by atoms with Gasteiger partial charge in [-0.2, -0.15) is 13.2 Å². The normalized spacial score (nSPS) is 18.4. The van der Waals surface area contributed by atoms with Crippen LogP contribution in [0.3, 0.4) is 0 Å². The molecule has 7 heteroatoms. The highest BCUT2D eigenvalue weighted by Crippen LogP contribution is 2.31. The Bertz CT molecular complexity index is 550. The van der Waals surface area contributed by atoms with Crippen LogP contribution in [0.15, 0.2) is 24.3 Å². The van der Waals surface area contributed by atoms with E-state index in [1.807, 2.05) is 25.7 Å². The van der Waals surface area contributed by atoms with E-state index in [-0.39, 0.29) is 5.60 Å². The molecule has 0 aromatic heterocycles. The van der Waals surface area contributed by atoms with E-state index in [1.165, 1.54) is 17.0 Å². The molecule has 0 unspecified atom stereocenters. The Hall–Kier alpha value is -1.31. The molecule has 0 amide bonds. The lowest BCUT2D eigenvalue weighted by Gasteiger charge is -2.35. The van der Waals surface area contributed by atoms with Gasteiger partial charge < -0.3 is 19.6 Å². The highest BCUT2D eigenvalue weighted by atomic mass is 19.4. The molecular formula is C18H28F3N2O2+. The van der Waals surface area contributed by atoms with Crippen molar-refractivity contribution >= 4 is 5.69 Å². The first-order valence-corrected chi connectivity index (χ1v) is 8.62. The summed E-state index contributed by atoms with van der Waals surface area (Å²) in [5.74, 6) is 0. The Morgan fingerprint density at radius 2 is 1.84 bits per heavy atom. The summed E-state index contributed by atoms with van der Waals surface area (Å²) in [6.07, 6.45) is -4.85. The first-order chi connectivity index (χ1) is 11.5. The first-order valence-electron chi connectivity index (χ1n) is 8.62. The number of hydrogen-bond acceptors (Lipinski definition) is 3. The number of halogens is 3. The van der Waals surface area contributed by atoms with Gasteiger partial charge in [0.1, 0.15) is 12.6 Å². The molecule has 1 fully saturated rings. The van der Waals surface area contributed by atoms with E-state index < -0.39 is 17.8 Å². The second kappa shape index (κ2) is 7.93. The van der Waals surface area contributed by atoms with Crippen LogP contribution < -0.4 is 9.80 Å². The summed E-state index contributed by atoms with van der Waals surface area (Å²) in [7, 11) is 0. The Morgan fingerprint density at radius 1 is 1.20 bits per heavy atom. The number of alkyl halides is 3. The molecule has 1 aliphatic heterocycles. The first kappa shape index (κ1) is 20.0. The lowest BCUT2D eigenvalue weighted by atomic mass is 10.1. The van der Waals surface area contributed by atoms with Gasteiger partial charge in [0, 0.05) is 5.69 Å². The highest BCUT2D eigenvalue weighted by Gasteiger charge is 2.31. The van der Waals surface area contributed by atoms with Crippen molar-refractivity contribution in [3.05, 3.63) is 29.8 Å². The topological polar surface area (TPSA) is 37.1 Å². The maximum absolute atomic E-state index is 12.8. The SMILES string of the molecule is CC(C)(C)OC[C@@H](O)C[NH+]1CCN(c2cccc(C(F)(F)F)c2)CC1. The van der Waals surface area contributed by atoms with Gasteiger partial charge in [0.25, 0.3) is 0 Å². The van der Waals surface area contributed by atoms with Gasteiger partial charge in [-0.15, -0.1) is 0 Å². The molecule has 1 atom stereocenters. The fourth-order valence-corrected chi connectivity index (χ4v) is 2.90. The maximum atomic E-state index is 12.8. The summed E-state index contributed by atoms with van der Waals surface area (Å²) in [6, 6.07) is 5.46. The molecule has 2 N–H and O–H groups in total. The third-order valence-corrected chi connectivity index (χ3v) is 4.24. The van der Waals surface area contributed by atoms with Crippen LogP contribution in [0.4, 0.5) is 18.9 Å². The molecule has 0 aliphatic carbocycles. The van der Waals surface area contributed by atoms with Crippen molar-refractivity contribution in [1.82, 2.24) is 0 Å². The van der Waals surface area contributed by atoms with Gasteiger partial charge in [-0.3, -0.25) is 0 Å². The molecule has 25 heavy (non-hydrogen) atoms.